The summed E-state index contributed by atoms with van der Waals surface area (Å²) in [5, 5.41) is 4.93. The Kier molecular flexibility index (Phi) is 5.83. The van der Waals surface area contributed by atoms with Crippen molar-refractivity contribution in [1.82, 2.24) is 5.32 Å². The van der Waals surface area contributed by atoms with Crippen molar-refractivity contribution < 1.29 is 14.3 Å². The summed E-state index contributed by atoms with van der Waals surface area (Å²) in [6.45, 7) is 2.91. The van der Waals surface area contributed by atoms with Crippen LogP contribution in [0, 0.1) is 6.92 Å². The van der Waals surface area contributed by atoms with Crippen LogP contribution in [-0.4, -0.2) is 37.6 Å². The van der Waals surface area contributed by atoms with Gasteiger partial charge in [0.15, 0.2) is 0 Å². The number of ether oxygens (including phenoxy) is 1. The van der Waals surface area contributed by atoms with Gasteiger partial charge >= 0.3 is 0 Å². The zero-order valence-corrected chi connectivity index (χ0v) is 15.1. The molecule has 3 rings (SSSR count). The van der Waals surface area contributed by atoms with E-state index in [4.69, 9.17) is 4.74 Å². The summed E-state index contributed by atoms with van der Waals surface area (Å²) >= 11 is 1.66. The van der Waals surface area contributed by atoms with Gasteiger partial charge in [0.05, 0.1) is 12.6 Å². The van der Waals surface area contributed by atoms with Crippen molar-refractivity contribution >= 4 is 28.8 Å². The molecular formula is C19H22N2O3S. The lowest BCUT2D eigenvalue weighted by atomic mass is 10.1. The first-order valence-corrected chi connectivity index (χ1v) is 9.27. The maximum Gasteiger partial charge on any atom is 0.253 e. The summed E-state index contributed by atoms with van der Waals surface area (Å²) in [6, 6.07) is 11.9. The molecule has 1 unspecified atom stereocenters. The molecule has 5 nitrogen and oxygen atoms in total. The average molecular weight is 358 g/mol. The van der Waals surface area contributed by atoms with E-state index < -0.39 is 0 Å². The lowest BCUT2D eigenvalue weighted by Gasteiger charge is -2.33. The monoisotopic (exact) mass is 358 g/mol. The van der Waals surface area contributed by atoms with E-state index in [1.165, 1.54) is 4.88 Å². The van der Waals surface area contributed by atoms with Crippen molar-refractivity contribution in [2.75, 3.05) is 24.6 Å². The first-order valence-electron chi connectivity index (χ1n) is 8.39. The van der Waals surface area contributed by atoms with Crippen molar-refractivity contribution in [2.24, 2.45) is 0 Å². The Morgan fingerprint density at radius 1 is 1.36 bits per heavy atom. The number of nitrogens with one attached hydrogen (secondary N) is 1. The van der Waals surface area contributed by atoms with Crippen molar-refractivity contribution in [3.05, 3.63) is 52.2 Å². The first kappa shape index (κ1) is 17.6. The number of hydrogen-bond acceptors (Lipinski definition) is 4. The fraction of sp³-hybridized carbons (Fsp3) is 0.368. The summed E-state index contributed by atoms with van der Waals surface area (Å²) in [5.74, 6) is -0.0399. The number of thiophene rings is 1. The number of morpholine rings is 1. The van der Waals surface area contributed by atoms with E-state index in [-0.39, 0.29) is 24.5 Å². The molecule has 2 amide bonds. The summed E-state index contributed by atoms with van der Waals surface area (Å²) in [4.78, 5) is 27.1. The van der Waals surface area contributed by atoms with E-state index in [9.17, 15) is 9.59 Å². The molecule has 1 N–H and O–H groups in total. The molecule has 1 atom stereocenters. The van der Waals surface area contributed by atoms with Gasteiger partial charge in [0.25, 0.3) is 5.91 Å². The maximum atomic E-state index is 12.1. The molecule has 0 radical (unpaired) electrons. The quantitative estimate of drug-likeness (QED) is 0.863. The smallest absolute Gasteiger partial charge is 0.253 e. The van der Waals surface area contributed by atoms with Gasteiger partial charge < -0.3 is 15.0 Å². The molecule has 132 valence electrons. The lowest BCUT2D eigenvalue weighted by molar-refractivity contribution is -0.129. The second-order valence-corrected chi connectivity index (χ2v) is 7.19. The highest BCUT2D eigenvalue weighted by Crippen LogP contribution is 2.19. The van der Waals surface area contributed by atoms with Gasteiger partial charge in [-0.3, -0.25) is 9.59 Å². The molecule has 6 heteroatoms. The number of hydrogen-bond donors (Lipinski definition) is 1. The van der Waals surface area contributed by atoms with Crippen LogP contribution in [0.25, 0.3) is 0 Å². The number of nitrogens with zero attached hydrogens (tertiary/aromatic N) is 1. The summed E-state index contributed by atoms with van der Waals surface area (Å²) in [6.07, 6.45) is 1.03. The van der Waals surface area contributed by atoms with Crippen LogP contribution in [-0.2, 0) is 20.7 Å². The molecular weight excluding hydrogens is 336 g/mol. The van der Waals surface area contributed by atoms with E-state index in [1.54, 1.807) is 16.2 Å². The van der Waals surface area contributed by atoms with E-state index in [2.05, 4.69) is 5.32 Å². The predicted molar refractivity (Wildman–Crippen MR) is 98.9 cm³/mol. The van der Waals surface area contributed by atoms with Gasteiger partial charge in [-0.1, -0.05) is 18.2 Å². The van der Waals surface area contributed by atoms with Crippen molar-refractivity contribution in [1.29, 1.82) is 0 Å². The third kappa shape index (κ3) is 4.90. The largest absolute Gasteiger partial charge is 0.365 e. The number of rotatable bonds is 6. The van der Waals surface area contributed by atoms with Gasteiger partial charge in [0.2, 0.25) is 5.91 Å². The highest BCUT2D eigenvalue weighted by atomic mass is 32.1. The normalized spacial score (nSPS) is 17.6. The highest BCUT2D eigenvalue weighted by molar-refractivity contribution is 7.09. The molecule has 1 aromatic carbocycles. The molecule has 2 aromatic rings. The predicted octanol–water partition coefficient (Wildman–Crippen LogP) is 2.54. The zero-order valence-electron chi connectivity index (χ0n) is 14.2. The maximum absolute atomic E-state index is 12.1. The lowest BCUT2D eigenvalue weighted by Crippen LogP contribution is -2.50. The molecule has 0 bridgehead atoms. The van der Waals surface area contributed by atoms with E-state index in [0.717, 1.165) is 17.7 Å². The number of amides is 2. The molecule has 1 aliphatic heterocycles. The zero-order chi connectivity index (χ0) is 17.6. The second-order valence-electron chi connectivity index (χ2n) is 6.16. The number of aryl methyl sites for hydroxylation is 2. The third-order valence-electron chi connectivity index (χ3n) is 4.15. The van der Waals surface area contributed by atoms with E-state index in [0.29, 0.717) is 19.5 Å². The van der Waals surface area contributed by atoms with Crippen molar-refractivity contribution in [2.45, 2.75) is 25.9 Å². The van der Waals surface area contributed by atoms with Gasteiger partial charge in [-0.05, 0) is 42.5 Å². The molecule has 25 heavy (non-hydrogen) atoms. The number of anilines is 1. The Morgan fingerprint density at radius 2 is 2.24 bits per heavy atom. The fourth-order valence-corrected chi connectivity index (χ4v) is 3.51. The van der Waals surface area contributed by atoms with Gasteiger partial charge in [-0.25, -0.2) is 0 Å². The van der Waals surface area contributed by atoms with Crippen LogP contribution >= 0.6 is 11.3 Å². The highest BCUT2D eigenvalue weighted by Gasteiger charge is 2.27. The Labute approximate surface area is 151 Å². The molecule has 2 heterocycles. The number of benzene rings is 1. The minimum absolute atomic E-state index is 0.0102. The molecule has 0 aliphatic carbocycles. The van der Waals surface area contributed by atoms with Gasteiger partial charge in [-0.15, -0.1) is 11.3 Å². The van der Waals surface area contributed by atoms with Crippen LogP contribution in [0.1, 0.15) is 16.9 Å². The van der Waals surface area contributed by atoms with Gasteiger partial charge in [0.1, 0.15) is 6.61 Å². The fourth-order valence-electron chi connectivity index (χ4n) is 2.80. The molecule has 1 aliphatic rings. The number of carbonyl (C=O) groups is 2. The molecule has 1 aromatic heterocycles. The van der Waals surface area contributed by atoms with Crippen molar-refractivity contribution in [3.8, 4) is 0 Å². The summed E-state index contributed by atoms with van der Waals surface area (Å²) in [5.41, 5.74) is 1.98. The Morgan fingerprint density at radius 3 is 3.00 bits per heavy atom. The first-order chi connectivity index (χ1) is 12.1. The minimum Gasteiger partial charge on any atom is -0.365 e. The van der Waals surface area contributed by atoms with E-state index in [1.807, 2.05) is 48.7 Å². The van der Waals surface area contributed by atoms with Crippen LogP contribution in [0.5, 0.6) is 0 Å². The van der Waals surface area contributed by atoms with Crippen LogP contribution in [0.3, 0.4) is 0 Å². The SMILES string of the molecule is Cc1cccc(N2CC(CNC(=O)CCc3cccs3)OCC2=O)c1. The van der Waals surface area contributed by atoms with Crippen molar-refractivity contribution in [3.63, 3.8) is 0 Å². The van der Waals surface area contributed by atoms with Crippen LogP contribution in [0.15, 0.2) is 41.8 Å². The molecule has 0 saturated carbocycles. The minimum atomic E-state index is -0.191. The number of carbonyl (C=O) groups excluding carboxylic acids is 2. The Hall–Kier alpha value is -2.18. The van der Waals surface area contributed by atoms with E-state index >= 15 is 0 Å². The molecule has 1 saturated heterocycles. The van der Waals surface area contributed by atoms with Crippen LogP contribution < -0.4 is 10.2 Å². The Bertz CT molecular complexity index is 730. The topological polar surface area (TPSA) is 58.6 Å². The summed E-state index contributed by atoms with van der Waals surface area (Å²) < 4.78 is 5.57. The standard InChI is InChI=1S/C19H22N2O3S/c1-14-4-2-5-15(10-14)21-12-16(24-13-19(21)23)11-20-18(22)8-7-17-6-3-9-25-17/h2-6,9-10,16H,7-8,11-13H2,1H3,(H,20,22). The van der Waals surface area contributed by atoms with Crippen LogP contribution in [0.4, 0.5) is 5.69 Å². The van der Waals surface area contributed by atoms with Crippen LogP contribution in [0.2, 0.25) is 0 Å². The van der Waals surface area contributed by atoms with Gasteiger partial charge in [0, 0.05) is 23.5 Å². The summed E-state index contributed by atoms with van der Waals surface area (Å²) in [7, 11) is 0. The van der Waals surface area contributed by atoms with Gasteiger partial charge in [-0.2, -0.15) is 0 Å². The Balaban J connectivity index is 1.49. The molecule has 1 fully saturated rings. The molecule has 0 spiro atoms. The average Bonchev–Trinajstić information content (AvgIpc) is 3.13. The third-order valence-corrected chi connectivity index (χ3v) is 5.08. The second kappa shape index (κ2) is 8.27.